The summed E-state index contributed by atoms with van der Waals surface area (Å²) in [6, 6.07) is 14.5. The summed E-state index contributed by atoms with van der Waals surface area (Å²) >= 11 is 1.15. The van der Waals surface area contributed by atoms with E-state index in [1.54, 1.807) is 29.6 Å². The van der Waals surface area contributed by atoms with Gasteiger partial charge < -0.3 is 5.32 Å². The number of benzene rings is 2. The SMILES string of the molecule is Cc1ccc(CNC(=O)Cc2csc(NS(=O)(=O)c3ccc(C)cc3)n2)cc1. The summed E-state index contributed by atoms with van der Waals surface area (Å²) in [5.41, 5.74) is 3.68. The number of rotatable bonds is 7. The summed E-state index contributed by atoms with van der Waals surface area (Å²) < 4.78 is 27.3. The standard InChI is InChI=1S/C20H21N3O3S2/c1-14-3-7-16(8-4-14)12-21-19(24)11-17-13-27-20(22-17)23-28(25,26)18-9-5-15(2)6-10-18/h3-10,13H,11-12H2,1-2H3,(H,21,24)(H,22,23). The summed E-state index contributed by atoms with van der Waals surface area (Å²) in [5, 5.41) is 4.76. The number of aryl methyl sites for hydroxylation is 2. The smallest absolute Gasteiger partial charge is 0.263 e. The van der Waals surface area contributed by atoms with Crippen molar-refractivity contribution >= 4 is 32.4 Å². The Morgan fingerprint density at radius 1 is 1.00 bits per heavy atom. The number of carbonyl (C=O) groups is 1. The maximum absolute atomic E-state index is 12.4. The van der Waals surface area contributed by atoms with E-state index in [1.807, 2.05) is 38.1 Å². The Morgan fingerprint density at radius 2 is 1.61 bits per heavy atom. The predicted molar refractivity (Wildman–Crippen MR) is 111 cm³/mol. The lowest BCUT2D eigenvalue weighted by Gasteiger charge is -2.06. The summed E-state index contributed by atoms with van der Waals surface area (Å²) in [7, 11) is -3.70. The van der Waals surface area contributed by atoms with E-state index in [0.29, 0.717) is 12.2 Å². The van der Waals surface area contributed by atoms with E-state index in [0.717, 1.165) is 28.0 Å². The fourth-order valence-electron chi connectivity index (χ4n) is 2.46. The van der Waals surface area contributed by atoms with Gasteiger partial charge in [0.15, 0.2) is 5.13 Å². The van der Waals surface area contributed by atoms with Crippen LogP contribution < -0.4 is 10.0 Å². The minimum absolute atomic E-state index is 0.0919. The number of nitrogens with one attached hydrogen (secondary N) is 2. The molecule has 1 aromatic heterocycles. The first kappa shape index (κ1) is 20.0. The number of thiazole rings is 1. The third kappa shape index (κ3) is 5.40. The van der Waals surface area contributed by atoms with Gasteiger partial charge in [-0.1, -0.05) is 47.5 Å². The molecule has 0 bridgehead atoms. The topological polar surface area (TPSA) is 88.2 Å². The predicted octanol–water partition coefficient (Wildman–Crippen LogP) is 3.42. The maximum atomic E-state index is 12.4. The molecule has 3 aromatic rings. The second-order valence-electron chi connectivity index (χ2n) is 6.50. The van der Waals surface area contributed by atoms with Crippen molar-refractivity contribution in [1.82, 2.24) is 10.3 Å². The summed E-state index contributed by atoms with van der Waals surface area (Å²) in [5.74, 6) is -0.168. The third-order valence-electron chi connectivity index (χ3n) is 4.06. The third-order valence-corrected chi connectivity index (χ3v) is 6.35. The molecule has 0 radical (unpaired) electrons. The highest BCUT2D eigenvalue weighted by molar-refractivity contribution is 7.93. The molecule has 0 fully saturated rings. The van der Waals surface area contributed by atoms with Gasteiger partial charge in [0.2, 0.25) is 5.91 Å². The number of carbonyl (C=O) groups excluding carboxylic acids is 1. The quantitative estimate of drug-likeness (QED) is 0.619. The minimum Gasteiger partial charge on any atom is -0.352 e. The van der Waals surface area contributed by atoms with Gasteiger partial charge in [-0.05, 0) is 31.5 Å². The van der Waals surface area contributed by atoms with Crippen LogP contribution in [0.15, 0.2) is 58.8 Å². The number of hydrogen-bond donors (Lipinski definition) is 2. The molecule has 0 unspecified atom stereocenters. The number of aromatic nitrogens is 1. The van der Waals surface area contributed by atoms with Crippen molar-refractivity contribution in [3.63, 3.8) is 0 Å². The van der Waals surface area contributed by atoms with Crippen LogP contribution in [0.2, 0.25) is 0 Å². The maximum Gasteiger partial charge on any atom is 0.263 e. The molecule has 0 saturated carbocycles. The highest BCUT2D eigenvalue weighted by atomic mass is 32.2. The number of hydrogen-bond acceptors (Lipinski definition) is 5. The van der Waals surface area contributed by atoms with Crippen molar-refractivity contribution < 1.29 is 13.2 Å². The molecule has 1 amide bonds. The molecule has 0 saturated heterocycles. The molecule has 2 aromatic carbocycles. The van der Waals surface area contributed by atoms with Crippen LogP contribution in [0, 0.1) is 13.8 Å². The van der Waals surface area contributed by atoms with Gasteiger partial charge >= 0.3 is 0 Å². The minimum atomic E-state index is -3.70. The highest BCUT2D eigenvalue weighted by Gasteiger charge is 2.16. The van der Waals surface area contributed by atoms with Crippen molar-refractivity contribution in [3.8, 4) is 0 Å². The van der Waals surface area contributed by atoms with E-state index in [2.05, 4.69) is 15.0 Å². The van der Waals surface area contributed by atoms with Gasteiger partial charge in [-0.3, -0.25) is 9.52 Å². The zero-order chi connectivity index (χ0) is 20.1. The molecule has 0 aliphatic carbocycles. The second kappa shape index (κ2) is 8.53. The van der Waals surface area contributed by atoms with Crippen LogP contribution in [0.4, 0.5) is 5.13 Å². The number of amides is 1. The lowest BCUT2D eigenvalue weighted by atomic mass is 10.1. The first-order valence-corrected chi connectivity index (χ1v) is 11.0. The molecular weight excluding hydrogens is 394 g/mol. The van der Waals surface area contributed by atoms with E-state index in [1.165, 1.54) is 0 Å². The van der Waals surface area contributed by atoms with Crippen LogP contribution in [0.5, 0.6) is 0 Å². The first-order valence-electron chi connectivity index (χ1n) is 8.68. The average Bonchev–Trinajstić information content (AvgIpc) is 3.07. The Labute approximate surface area is 168 Å². The van der Waals surface area contributed by atoms with Crippen LogP contribution in [0.25, 0.3) is 0 Å². The fourth-order valence-corrected chi connectivity index (χ4v) is 4.42. The van der Waals surface area contributed by atoms with Gasteiger partial charge in [0.25, 0.3) is 10.0 Å². The molecule has 6 nitrogen and oxygen atoms in total. The summed E-state index contributed by atoms with van der Waals surface area (Å²) in [4.78, 5) is 16.5. The van der Waals surface area contributed by atoms with Gasteiger partial charge in [0.1, 0.15) is 0 Å². The van der Waals surface area contributed by atoms with Gasteiger partial charge in [-0.25, -0.2) is 13.4 Å². The van der Waals surface area contributed by atoms with Gasteiger partial charge in [0, 0.05) is 11.9 Å². The highest BCUT2D eigenvalue weighted by Crippen LogP contribution is 2.20. The number of sulfonamides is 1. The van der Waals surface area contributed by atoms with Crippen molar-refractivity contribution in [2.24, 2.45) is 0 Å². The molecular formula is C20H21N3O3S2. The van der Waals surface area contributed by atoms with Crippen LogP contribution >= 0.6 is 11.3 Å². The molecule has 3 rings (SSSR count). The second-order valence-corrected chi connectivity index (χ2v) is 9.04. The van der Waals surface area contributed by atoms with E-state index in [9.17, 15) is 13.2 Å². The zero-order valence-corrected chi connectivity index (χ0v) is 17.2. The van der Waals surface area contributed by atoms with Crippen LogP contribution in [-0.2, 0) is 27.8 Å². The molecule has 146 valence electrons. The van der Waals surface area contributed by atoms with Crippen molar-refractivity contribution in [2.45, 2.75) is 31.7 Å². The van der Waals surface area contributed by atoms with Crippen molar-refractivity contribution in [3.05, 3.63) is 76.3 Å². The van der Waals surface area contributed by atoms with Gasteiger partial charge in [-0.2, -0.15) is 0 Å². The van der Waals surface area contributed by atoms with Crippen LogP contribution in [0.1, 0.15) is 22.4 Å². The van der Waals surface area contributed by atoms with Crippen LogP contribution in [0.3, 0.4) is 0 Å². The Balaban J connectivity index is 1.56. The lowest BCUT2D eigenvalue weighted by Crippen LogP contribution is -2.24. The number of anilines is 1. The molecule has 0 aliphatic rings. The molecule has 1 heterocycles. The van der Waals surface area contributed by atoms with Crippen LogP contribution in [-0.4, -0.2) is 19.3 Å². The first-order chi connectivity index (χ1) is 13.3. The Hall–Kier alpha value is -2.71. The normalized spacial score (nSPS) is 11.2. The van der Waals surface area contributed by atoms with E-state index < -0.39 is 10.0 Å². The van der Waals surface area contributed by atoms with E-state index in [4.69, 9.17) is 0 Å². The summed E-state index contributed by atoms with van der Waals surface area (Å²) in [6.07, 6.45) is 0.0919. The number of nitrogens with zero attached hydrogens (tertiary/aromatic N) is 1. The van der Waals surface area contributed by atoms with Crippen molar-refractivity contribution in [1.29, 1.82) is 0 Å². The molecule has 0 aliphatic heterocycles. The molecule has 0 atom stereocenters. The fraction of sp³-hybridized carbons (Fsp3) is 0.200. The van der Waals surface area contributed by atoms with Gasteiger partial charge in [0.05, 0.1) is 17.0 Å². The monoisotopic (exact) mass is 415 g/mol. The molecule has 28 heavy (non-hydrogen) atoms. The Morgan fingerprint density at radius 3 is 2.25 bits per heavy atom. The Bertz CT molecular complexity index is 1060. The van der Waals surface area contributed by atoms with Crippen molar-refractivity contribution in [2.75, 3.05) is 4.72 Å². The van der Waals surface area contributed by atoms with E-state index >= 15 is 0 Å². The zero-order valence-electron chi connectivity index (χ0n) is 15.6. The Kier molecular flexibility index (Phi) is 6.11. The molecule has 8 heteroatoms. The molecule has 2 N–H and O–H groups in total. The average molecular weight is 416 g/mol. The largest absolute Gasteiger partial charge is 0.352 e. The van der Waals surface area contributed by atoms with Gasteiger partial charge in [-0.15, -0.1) is 11.3 Å². The molecule has 0 spiro atoms. The summed E-state index contributed by atoms with van der Waals surface area (Å²) in [6.45, 7) is 4.34. The van der Waals surface area contributed by atoms with E-state index in [-0.39, 0.29) is 22.4 Å². The lowest BCUT2D eigenvalue weighted by molar-refractivity contribution is -0.120.